The highest BCUT2D eigenvalue weighted by Gasteiger charge is 2.28. The Morgan fingerprint density at radius 2 is 1.53 bits per heavy atom. The molecule has 0 spiro atoms. The number of rotatable bonds is 10. The first-order valence-electron chi connectivity index (χ1n) is 11.0. The van der Waals surface area contributed by atoms with E-state index >= 15 is 0 Å². The van der Waals surface area contributed by atoms with Gasteiger partial charge in [0.1, 0.15) is 12.3 Å². The maximum Gasteiger partial charge on any atom is 0.264 e. The van der Waals surface area contributed by atoms with Crippen molar-refractivity contribution in [2.75, 3.05) is 32.2 Å². The highest BCUT2D eigenvalue weighted by Crippen LogP contribution is 2.33. The topological polar surface area (TPSA) is 94.2 Å². The van der Waals surface area contributed by atoms with Gasteiger partial charge in [-0.05, 0) is 61.9 Å². The van der Waals surface area contributed by atoms with Crippen LogP contribution in [0.3, 0.4) is 0 Å². The van der Waals surface area contributed by atoms with E-state index in [-0.39, 0.29) is 15.6 Å². The van der Waals surface area contributed by atoms with Gasteiger partial charge in [0.05, 0.1) is 43.0 Å². The van der Waals surface area contributed by atoms with Crippen molar-refractivity contribution in [3.8, 4) is 17.2 Å². The van der Waals surface area contributed by atoms with Gasteiger partial charge in [0.25, 0.3) is 10.0 Å². The van der Waals surface area contributed by atoms with Crippen LogP contribution >= 0.6 is 11.6 Å². The Kier molecular flexibility index (Phi) is 8.70. The molecule has 8 nitrogen and oxygen atoms in total. The molecule has 36 heavy (non-hydrogen) atoms. The van der Waals surface area contributed by atoms with Gasteiger partial charge in [0, 0.05) is 0 Å². The zero-order chi connectivity index (χ0) is 26.5. The molecule has 1 atom stereocenters. The van der Waals surface area contributed by atoms with Crippen LogP contribution in [0.15, 0.2) is 65.6 Å². The molecule has 0 bridgehead atoms. The van der Waals surface area contributed by atoms with Crippen molar-refractivity contribution >= 4 is 33.2 Å². The van der Waals surface area contributed by atoms with Gasteiger partial charge in [-0.15, -0.1) is 0 Å². The normalized spacial score (nSPS) is 11.9. The lowest BCUT2D eigenvalue weighted by Crippen LogP contribution is -2.41. The second kappa shape index (κ2) is 11.5. The molecule has 0 radical (unpaired) electrons. The predicted molar refractivity (Wildman–Crippen MR) is 140 cm³/mol. The first kappa shape index (κ1) is 27.2. The number of hydrogen-bond acceptors (Lipinski definition) is 6. The molecular formula is C26H29ClN2O6S. The van der Waals surface area contributed by atoms with Crippen LogP contribution in [0, 0.1) is 6.92 Å². The van der Waals surface area contributed by atoms with Gasteiger partial charge in [-0.25, -0.2) is 8.42 Å². The van der Waals surface area contributed by atoms with Crippen molar-refractivity contribution in [1.29, 1.82) is 0 Å². The molecule has 0 aromatic heterocycles. The average molecular weight is 533 g/mol. The number of carbonyl (C=O) groups is 1. The highest BCUT2D eigenvalue weighted by molar-refractivity contribution is 7.92. The maximum absolute atomic E-state index is 13.6. The zero-order valence-electron chi connectivity index (χ0n) is 20.7. The van der Waals surface area contributed by atoms with E-state index in [4.69, 9.17) is 25.8 Å². The fourth-order valence-corrected chi connectivity index (χ4v) is 5.25. The van der Waals surface area contributed by atoms with Crippen molar-refractivity contribution in [1.82, 2.24) is 5.32 Å². The van der Waals surface area contributed by atoms with Crippen molar-refractivity contribution in [2.45, 2.75) is 24.8 Å². The third-order valence-electron chi connectivity index (χ3n) is 5.60. The summed E-state index contributed by atoms with van der Waals surface area (Å²) in [7, 11) is 0.443. The third-order valence-corrected chi connectivity index (χ3v) is 7.69. The van der Waals surface area contributed by atoms with Crippen LogP contribution in [0.5, 0.6) is 17.2 Å². The number of amides is 1. The van der Waals surface area contributed by atoms with Crippen molar-refractivity contribution < 1.29 is 27.4 Å². The number of nitrogens with zero attached hydrogens (tertiary/aromatic N) is 1. The molecule has 0 fully saturated rings. The van der Waals surface area contributed by atoms with Gasteiger partial charge < -0.3 is 19.5 Å². The minimum absolute atomic E-state index is 0.0563. The quantitative estimate of drug-likeness (QED) is 0.405. The van der Waals surface area contributed by atoms with Crippen molar-refractivity contribution in [3.05, 3.63) is 76.8 Å². The van der Waals surface area contributed by atoms with E-state index in [1.807, 2.05) is 6.92 Å². The molecule has 1 amide bonds. The van der Waals surface area contributed by atoms with Crippen LogP contribution in [0.2, 0.25) is 5.02 Å². The molecule has 3 aromatic rings. The lowest BCUT2D eigenvalue weighted by Gasteiger charge is -2.25. The standard InChI is InChI=1S/C26H29ClN2O6S/c1-17-6-10-21(11-7-17)36(31,32)29(20-9-13-23(33-3)22(27)15-20)16-26(30)28-18(2)19-8-12-24(34-4)25(14-19)35-5/h6-15,18H,16H2,1-5H3,(H,28,30)/t18-/m0/s1. The Hall–Kier alpha value is -3.43. The number of aryl methyl sites for hydroxylation is 1. The first-order chi connectivity index (χ1) is 17.1. The second-order valence-corrected chi connectivity index (χ2v) is 10.3. The van der Waals surface area contributed by atoms with E-state index in [0.717, 1.165) is 15.4 Å². The lowest BCUT2D eigenvalue weighted by molar-refractivity contribution is -0.120. The van der Waals surface area contributed by atoms with E-state index in [9.17, 15) is 13.2 Å². The summed E-state index contributed by atoms with van der Waals surface area (Å²) in [5.41, 5.74) is 1.91. The van der Waals surface area contributed by atoms with Gasteiger partial charge in [-0.1, -0.05) is 35.4 Å². The molecule has 3 aromatic carbocycles. The van der Waals surface area contributed by atoms with Gasteiger partial charge >= 0.3 is 0 Å². The van der Waals surface area contributed by atoms with Gasteiger partial charge in [0.15, 0.2) is 11.5 Å². The van der Waals surface area contributed by atoms with E-state index in [1.165, 1.54) is 39.5 Å². The van der Waals surface area contributed by atoms with Crippen LogP contribution in [0.1, 0.15) is 24.1 Å². The number of sulfonamides is 1. The fourth-order valence-electron chi connectivity index (χ4n) is 3.59. The second-order valence-electron chi connectivity index (χ2n) is 8.05. The fraction of sp³-hybridized carbons (Fsp3) is 0.269. The lowest BCUT2D eigenvalue weighted by atomic mass is 10.1. The summed E-state index contributed by atoms with van der Waals surface area (Å²) in [5.74, 6) is 0.971. The van der Waals surface area contributed by atoms with Crippen molar-refractivity contribution in [3.63, 3.8) is 0 Å². The molecule has 10 heteroatoms. The van der Waals surface area contributed by atoms with Crippen LogP contribution in [-0.4, -0.2) is 42.2 Å². The summed E-state index contributed by atoms with van der Waals surface area (Å²) < 4.78 is 44.0. The van der Waals surface area contributed by atoms with E-state index in [0.29, 0.717) is 17.2 Å². The number of benzene rings is 3. The molecule has 0 aliphatic carbocycles. The maximum atomic E-state index is 13.6. The summed E-state index contributed by atoms with van der Waals surface area (Å²) in [6, 6.07) is 15.8. The SMILES string of the molecule is COc1ccc(N(CC(=O)N[C@@H](C)c2ccc(OC)c(OC)c2)S(=O)(=O)c2ccc(C)cc2)cc1Cl. The number of ether oxygens (including phenoxy) is 3. The Labute approximate surface area is 216 Å². The molecular weight excluding hydrogens is 504 g/mol. The zero-order valence-corrected chi connectivity index (χ0v) is 22.3. The largest absolute Gasteiger partial charge is 0.495 e. The first-order valence-corrected chi connectivity index (χ1v) is 12.9. The van der Waals surface area contributed by atoms with Crippen LogP contribution in [0.4, 0.5) is 5.69 Å². The number of anilines is 1. The Bertz CT molecular complexity index is 1330. The molecule has 0 heterocycles. The predicted octanol–water partition coefficient (Wildman–Crippen LogP) is 4.75. The smallest absolute Gasteiger partial charge is 0.264 e. The molecule has 3 rings (SSSR count). The van der Waals surface area contributed by atoms with Gasteiger partial charge in [0.2, 0.25) is 5.91 Å². The van der Waals surface area contributed by atoms with Gasteiger partial charge in [-0.3, -0.25) is 9.10 Å². The molecule has 0 aliphatic rings. The molecule has 1 N–H and O–H groups in total. The number of halogens is 1. The summed E-state index contributed by atoms with van der Waals surface area (Å²) in [4.78, 5) is 13.2. The summed E-state index contributed by atoms with van der Waals surface area (Å²) in [6.07, 6.45) is 0. The number of hydrogen-bond donors (Lipinski definition) is 1. The van der Waals surface area contributed by atoms with Crippen LogP contribution < -0.4 is 23.8 Å². The van der Waals surface area contributed by atoms with Crippen LogP contribution in [-0.2, 0) is 14.8 Å². The summed E-state index contributed by atoms with van der Waals surface area (Å²) in [5, 5.41) is 3.08. The van der Waals surface area contributed by atoms with E-state index < -0.39 is 28.5 Å². The minimum atomic E-state index is -4.09. The number of nitrogens with one attached hydrogen (secondary N) is 1. The third kappa shape index (κ3) is 6.03. The Morgan fingerprint density at radius 3 is 2.11 bits per heavy atom. The summed E-state index contributed by atoms with van der Waals surface area (Å²) in [6.45, 7) is 3.19. The monoisotopic (exact) mass is 532 g/mol. The number of methoxy groups -OCH3 is 3. The molecule has 0 unspecified atom stereocenters. The minimum Gasteiger partial charge on any atom is -0.495 e. The van der Waals surface area contributed by atoms with Crippen LogP contribution in [0.25, 0.3) is 0 Å². The van der Waals surface area contributed by atoms with E-state index in [2.05, 4.69) is 5.32 Å². The Balaban J connectivity index is 1.92. The summed E-state index contributed by atoms with van der Waals surface area (Å²) >= 11 is 6.28. The molecule has 0 aliphatic heterocycles. The van der Waals surface area contributed by atoms with Gasteiger partial charge in [-0.2, -0.15) is 0 Å². The van der Waals surface area contributed by atoms with E-state index in [1.54, 1.807) is 49.4 Å². The Morgan fingerprint density at radius 1 is 0.917 bits per heavy atom. The molecule has 0 saturated carbocycles. The molecule has 0 saturated heterocycles. The average Bonchev–Trinajstić information content (AvgIpc) is 2.86. The van der Waals surface area contributed by atoms with Crippen molar-refractivity contribution in [2.24, 2.45) is 0 Å². The number of carbonyl (C=O) groups excluding carboxylic acids is 1. The molecule has 192 valence electrons. The highest BCUT2D eigenvalue weighted by atomic mass is 35.5.